The first-order chi connectivity index (χ1) is 13.1. The molecule has 27 heavy (non-hydrogen) atoms. The van der Waals surface area contributed by atoms with Crippen LogP contribution in [0.4, 0.5) is 0 Å². The molecule has 0 saturated carbocycles. The molecule has 136 valence electrons. The second-order valence-electron chi connectivity index (χ2n) is 7.31. The lowest BCUT2D eigenvalue weighted by Crippen LogP contribution is -2.47. The van der Waals surface area contributed by atoms with Gasteiger partial charge in [-0.15, -0.1) is 0 Å². The minimum atomic E-state index is -0.438. The van der Waals surface area contributed by atoms with E-state index in [4.69, 9.17) is 5.26 Å². The first-order valence-corrected chi connectivity index (χ1v) is 9.27. The summed E-state index contributed by atoms with van der Waals surface area (Å²) >= 11 is 0. The van der Waals surface area contributed by atoms with E-state index in [1.807, 2.05) is 18.2 Å². The van der Waals surface area contributed by atoms with Gasteiger partial charge in [-0.05, 0) is 36.6 Å². The Balaban J connectivity index is 1.53. The molecule has 4 rings (SSSR count). The summed E-state index contributed by atoms with van der Waals surface area (Å²) in [5.74, 6) is 0.178. The standard InChI is InChI=1S/C22H21N3O2/c23-14-16-5-4-8-18(13-16)20(26)25-11-9-22(10-12-25)19(15-24-21(22)27)17-6-2-1-3-7-17/h1-8,13,19H,9-12,15H2,(H,24,27)/t19-/m0/s1. The van der Waals surface area contributed by atoms with Crippen molar-refractivity contribution in [2.45, 2.75) is 18.8 Å². The van der Waals surface area contributed by atoms with Crippen molar-refractivity contribution >= 4 is 11.8 Å². The predicted molar refractivity (Wildman–Crippen MR) is 101 cm³/mol. The summed E-state index contributed by atoms with van der Waals surface area (Å²) in [6, 6.07) is 19.0. The molecule has 0 unspecified atom stereocenters. The van der Waals surface area contributed by atoms with Crippen LogP contribution in [0.3, 0.4) is 0 Å². The van der Waals surface area contributed by atoms with E-state index >= 15 is 0 Å². The van der Waals surface area contributed by atoms with E-state index in [0.29, 0.717) is 43.6 Å². The van der Waals surface area contributed by atoms with Crippen molar-refractivity contribution in [1.82, 2.24) is 10.2 Å². The van der Waals surface area contributed by atoms with Crippen LogP contribution in [0.5, 0.6) is 0 Å². The third-order valence-electron chi connectivity index (χ3n) is 5.97. The molecule has 1 spiro atoms. The Morgan fingerprint density at radius 1 is 1.11 bits per heavy atom. The lowest BCUT2D eigenvalue weighted by molar-refractivity contribution is -0.130. The highest BCUT2D eigenvalue weighted by molar-refractivity contribution is 5.95. The van der Waals surface area contributed by atoms with Crippen LogP contribution in [0.1, 0.15) is 40.2 Å². The predicted octanol–water partition coefficient (Wildman–Crippen LogP) is 2.69. The van der Waals surface area contributed by atoms with Crippen LogP contribution in [0.25, 0.3) is 0 Å². The molecule has 2 fully saturated rings. The number of hydrogen-bond acceptors (Lipinski definition) is 3. The molecule has 0 bridgehead atoms. The van der Waals surface area contributed by atoms with Crippen LogP contribution < -0.4 is 5.32 Å². The third-order valence-corrected chi connectivity index (χ3v) is 5.97. The largest absolute Gasteiger partial charge is 0.355 e. The number of carbonyl (C=O) groups excluding carboxylic acids is 2. The summed E-state index contributed by atoms with van der Waals surface area (Å²) < 4.78 is 0. The molecule has 2 amide bonds. The summed E-state index contributed by atoms with van der Waals surface area (Å²) in [5.41, 5.74) is 1.75. The van der Waals surface area contributed by atoms with Gasteiger partial charge in [0, 0.05) is 31.1 Å². The second kappa shape index (κ2) is 6.88. The van der Waals surface area contributed by atoms with Crippen LogP contribution >= 0.6 is 0 Å². The van der Waals surface area contributed by atoms with Crippen LogP contribution in [-0.4, -0.2) is 36.3 Å². The Morgan fingerprint density at radius 3 is 2.56 bits per heavy atom. The fraction of sp³-hybridized carbons (Fsp3) is 0.318. The molecule has 2 saturated heterocycles. The normalized spacial score (nSPS) is 20.9. The molecule has 1 atom stereocenters. The van der Waals surface area contributed by atoms with Crippen molar-refractivity contribution in [2.75, 3.05) is 19.6 Å². The van der Waals surface area contributed by atoms with E-state index in [2.05, 4.69) is 23.5 Å². The van der Waals surface area contributed by atoms with Crippen molar-refractivity contribution in [1.29, 1.82) is 5.26 Å². The van der Waals surface area contributed by atoms with E-state index in [9.17, 15) is 9.59 Å². The molecule has 2 heterocycles. The van der Waals surface area contributed by atoms with Gasteiger partial charge in [0.25, 0.3) is 5.91 Å². The second-order valence-corrected chi connectivity index (χ2v) is 7.31. The van der Waals surface area contributed by atoms with Gasteiger partial charge in [0.05, 0.1) is 17.0 Å². The Labute approximate surface area is 158 Å². The molecular weight excluding hydrogens is 338 g/mol. The topological polar surface area (TPSA) is 73.2 Å². The first-order valence-electron chi connectivity index (χ1n) is 9.27. The number of benzene rings is 2. The fourth-order valence-electron chi connectivity index (χ4n) is 4.44. The minimum Gasteiger partial charge on any atom is -0.355 e. The lowest BCUT2D eigenvalue weighted by atomic mass is 9.68. The van der Waals surface area contributed by atoms with Gasteiger partial charge >= 0.3 is 0 Å². The number of likely N-dealkylation sites (tertiary alicyclic amines) is 1. The molecule has 2 aliphatic heterocycles. The molecule has 5 nitrogen and oxygen atoms in total. The maximum atomic E-state index is 12.8. The van der Waals surface area contributed by atoms with Crippen LogP contribution in [0, 0.1) is 16.7 Å². The van der Waals surface area contributed by atoms with Gasteiger partial charge in [0.2, 0.25) is 5.91 Å². The number of carbonyl (C=O) groups is 2. The summed E-state index contributed by atoms with van der Waals surface area (Å²) in [6.45, 7) is 1.75. The van der Waals surface area contributed by atoms with Gasteiger partial charge in [0.1, 0.15) is 0 Å². The Bertz CT molecular complexity index is 909. The Hall–Kier alpha value is -3.13. The number of nitrogens with one attached hydrogen (secondary N) is 1. The quantitative estimate of drug-likeness (QED) is 0.896. The SMILES string of the molecule is N#Cc1cccc(C(=O)N2CCC3(CC2)C(=O)NC[C@H]3c2ccccc2)c1. The van der Waals surface area contributed by atoms with E-state index in [1.165, 1.54) is 5.56 Å². The van der Waals surface area contributed by atoms with Crippen LogP contribution in [0.2, 0.25) is 0 Å². The summed E-state index contributed by atoms with van der Waals surface area (Å²) in [7, 11) is 0. The highest BCUT2D eigenvalue weighted by Crippen LogP contribution is 2.47. The third kappa shape index (κ3) is 2.97. The van der Waals surface area contributed by atoms with Gasteiger partial charge in [0.15, 0.2) is 0 Å². The fourth-order valence-corrected chi connectivity index (χ4v) is 4.44. The van der Waals surface area contributed by atoms with Gasteiger partial charge in [-0.2, -0.15) is 5.26 Å². The number of nitrogens with zero attached hydrogens (tertiary/aromatic N) is 2. The number of nitriles is 1. The van der Waals surface area contributed by atoms with Gasteiger partial charge in [-0.25, -0.2) is 0 Å². The number of hydrogen-bond donors (Lipinski definition) is 1. The highest BCUT2D eigenvalue weighted by atomic mass is 16.2. The van der Waals surface area contributed by atoms with Gasteiger partial charge in [-0.1, -0.05) is 36.4 Å². The Morgan fingerprint density at radius 2 is 1.85 bits per heavy atom. The zero-order chi connectivity index (χ0) is 18.9. The van der Waals surface area contributed by atoms with E-state index in [1.54, 1.807) is 29.2 Å². The number of amides is 2. The van der Waals surface area contributed by atoms with Crippen molar-refractivity contribution in [3.05, 3.63) is 71.3 Å². The van der Waals surface area contributed by atoms with Gasteiger partial charge < -0.3 is 10.2 Å². The average Bonchev–Trinajstić information content (AvgIpc) is 3.04. The van der Waals surface area contributed by atoms with Crippen LogP contribution in [0.15, 0.2) is 54.6 Å². The molecule has 1 N–H and O–H groups in total. The Kier molecular flexibility index (Phi) is 4.41. The zero-order valence-corrected chi connectivity index (χ0v) is 15.0. The van der Waals surface area contributed by atoms with E-state index in [-0.39, 0.29) is 17.7 Å². The van der Waals surface area contributed by atoms with Crippen molar-refractivity contribution in [3.63, 3.8) is 0 Å². The van der Waals surface area contributed by atoms with Crippen molar-refractivity contribution < 1.29 is 9.59 Å². The summed E-state index contributed by atoms with van der Waals surface area (Å²) in [5, 5.41) is 12.1. The molecule has 2 aliphatic rings. The first kappa shape index (κ1) is 17.3. The smallest absolute Gasteiger partial charge is 0.253 e. The van der Waals surface area contributed by atoms with E-state index < -0.39 is 5.41 Å². The number of rotatable bonds is 2. The lowest BCUT2D eigenvalue weighted by Gasteiger charge is -2.41. The molecule has 0 aromatic heterocycles. The van der Waals surface area contributed by atoms with E-state index in [0.717, 1.165) is 0 Å². The monoisotopic (exact) mass is 359 g/mol. The van der Waals surface area contributed by atoms with Gasteiger partial charge in [-0.3, -0.25) is 9.59 Å². The molecule has 0 radical (unpaired) electrons. The maximum absolute atomic E-state index is 12.8. The average molecular weight is 359 g/mol. The maximum Gasteiger partial charge on any atom is 0.253 e. The van der Waals surface area contributed by atoms with Crippen molar-refractivity contribution in [3.8, 4) is 6.07 Å². The zero-order valence-electron chi connectivity index (χ0n) is 15.0. The molecule has 5 heteroatoms. The highest BCUT2D eigenvalue weighted by Gasteiger charge is 2.52. The molecule has 0 aliphatic carbocycles. The summed E-state index contributed by atoms with van der Waals surface area (Å²) in [4.78, 5) is 27.3. The minimum absolute atomic E-state index is 0.0726. The summed E-state index contributed by atoms with van der Waals surface area (Å²) in [6.07, 6.45) is 1.31. The molecule has 2 aromatic carbocycles. The number of piperidine rings is 1. The van der Waals surface area contributed by atoms with Crippen molar-refractivity contribution in [2.24, 2.45) is 5.41 Å². The van der Waals surface area contributed by atoms with Crippen LogP contribution in [-0.2, 0) is 4.79 Å². The molecule has 2 aromatic rings. The molecular formula is C22H21N3O2.